The summed E-state index contributed by atoms with van der Waals surface area (Å²) in [6, 6.07) is 6.07. The number of hydrogen-bond donors (Lipinski definition) is 15. The molecular weight excluding hydrogens is 1630 g/mol. The number of likely N-dealkylation sites (tertiary alicyclic amines) is 2. The molecule has 2 aromatic rings. The molecule has 0 aromatic heterocycles. The molecule has 3 aliphatic heterocycles. The third kappa shape index (κ3) is 39.1. The summed E-state index contributed by atoms with van der Waals surface area (Å²) in [7, 11) is 0. The summed E-state index contributed by atoms with van der Waals surface area (Å²) in [4.78, 5) is 210. The van der Waals surface area contributed by atoms with E-state index in [1.54, 1.807) is 42.5 Å². The smallest absolute Gasteiger partial charge is 0.326 e. The highest BCUT2D eigenvalue weighted by Crippen LogP contribution is 2.28. The molecule has 38 nitrogen and oxygen atoms in total. The second-order valence-corrected chi connectivity index (χ2v) is 32.4. The van der Waals surface area contributed by atoms with E-state index in [1.165, 1.54) is 41.6 Å². The Bertz CT molecular complexity index is 3720. The first-order chi connectivity index (χ1) is 58.5. The van der Waals surface area contributed by atoms with E-state index in [4.69, 9.17) is 25.7 Å². The third-order valence-corrected chi connectivity index (χ3v) is 22.8. The normalized spacial score (nSPS) is 17.0. The number of hydrogen-bond acceptors (Lipinski definition) is 25. The fourth-order valence-electron chi connectivity index (χ4n) is 13.5. The van der Waals surface area contributed by atoms with Crippen LogP contribution in [0, 0.1) is 17.8 Å². The molecule has 3 heterocycles. The van der Waals surface area contributed by atoms with Gasteiger partial charge < -0.3 is 109 Å². The molecule has 2 aromatic carbocycles. The van der Waals surface area contributed by atoms with Crippen molar-refractivity contribution in [2.45, 2.75) is 184 Å². The van der Waals surface area contributed by atoms with Gasteiger partial charge in [-0.05, 0) is 81.5 Å². The van der Waals surface area contributed by atoms with E-state index >= 15 is 0 Å². The molecular formula is C82H128N16O22S2. The number of unbranched alkanes of at least 4 members (excludes halogenated alkanes) is 1. The van der Waals surface area contributed by atoms with Crippen molar-refractivity contribution in [3.63, 3.8) is 0 Å². The van der Waals surface area contributed by atoms with Crippen LogP contribution < -0.4 is 59.3 Å². The zero-order valence-corrected chi connectivity index (χ0v) is 72.2. The van der Waals surface area contributed by atoms with Gasteiger partial charge >= 0.3 is 17.9 Å². The van der Waals surface area contributed by atoms with Crippen molar-refractivity contribution in [3.05, 3.63) is 71.3 Å². The van der Waals surface area contributed by atoms with E-state index < -0.39 is 156 Å². The number of nitrogens with zero attached hydrogens (tertiary/aromatic N) is 5. The molecule has 2 unspecified atom stereocenters. The van der Waals surface area contributed by atoms with Crippen LogP contribution in [0.1, 0.15) is 134 Å². The maximum atomic E-state index is 14.9. The maximum Gasteiger partial charge on any atom is 0.326 e. The lowest BCUT2D eigenvalue weighted by Crippen LogP contribution is -2.59. The molecule has 17 N–H and O–H groups in total. The lowest BCUT2D eigenvalue weighted by atomic mass is 10.0. The quantitative estimate of drug-likeness (QED) is 0.0276. The Morgan fingerprint density at radius 1 is 0.566 bits per heavy atom. The molecule has 680 valence electrons. The zero-order chi connectivity index (χ0) is 89.3. The van der Waals surface area contributed by atoms with Crippen molar-refractivity contribution in [1.82, 2.24) is 67.5 Å². The minimum atomic E-state index is -1.94. The van der Waals surface area contributed by atoms with E-state index in [1.807, 2.05) is 35.8 Å². The molecule has 5 rings (SSSR count). The van der Waals surface area contributed by atoms with Crippen LogP contribution in [0.5, 0.6) is 0 Å². The lowest BCUT2D eigenvalue weighted by molar-refractivity contribution is -0.147. The number of carbonyl (C=O) groups is 15. The highest BCUT2D eigenvalue weighted by Gasteiger charge is 2.43. The summed E-state index contributed by atoms with van der Waals surface area (Å²) in [5, 5.41) is 63.7. The van der Waals surface area contributed by atoms with Gasteiger partial charge in [-0.1, -0.05) is 88.2 Å². The van der Waals surface area contributed by atoms with Crippen LogP contribution >= 0.6 is 23.5 Å². The number of carboxylic acids is 3. The predicted molar refractivity (Wildman–Crippen MR) is 455 cm³/mol. The van der Waals surface area contributed by atoms with Crippen LogP contribution in [-0.2, 0) is 104 Å². The summed E-state index contributed by atoms with van der Waals surface area (Å²) in [5.74, 6) is -13.7. The molecule has 11 atom stereocenters. The first-order valence-electron chi connectivity index (χ1n) is 42.0. The highest BCUT2D eigenvalue weighted by molar-refractivity contribution is 7.98. The number of aliphatic hydroxyl groups excluding tert-OH is 1. The Balaban J connectivity index is 1.13. The van der Waals surface area contributed by atoms with E-state index in [0.717, 1.165) is 23.9 Å². The predicted octanol–water partition coefficient (Wildman–Crippen LogP) is -1.11. The van der Waals surface area contributed by atoms with Gasteiger partial charge in [0.2, 0.25) is 65.0 Å². The molecule has 0 bridgehead atoms. The maximum absolute atomic E-state index is 14.9. The summed E-state index contributed by atoms with van der Waals surface area (Å²) >= 11 is 2.42. The summed E-state index contributed by atoms with van der Waals surface area (Å²) < 4.78 is 16.9. The van der Waals surface area contributed by atoms with Gasteiger partial charge in [0.1, 0.15) is 42.3 Å². The van der Waals surface area contributed by atoms with Gasteiger partial charge in [0.15, 0.2) is 0 Å². The van der Waals surface area contributed by atoms with Crippen molar-refractivity contribution >= 4 is 119 Å². The first kappa shape index (κ1) is 103. The molecule has 122 heavy (non-hydrogen) atoms. The van der Waals surface area contributed by atoms with Crippen LogP contribution in [0.15, 0.2) is 59.6 Å². The molecule has 3 aliphatic rings. The monoisotopic (exact) mass is 1750 g/mol. The van der Waals surface area contributed by atoms with Crippen LogP contribution in [0.4, 0.5) is 0 Å². The number of aliphatic carboxylic acids is 3. The number of benzene rings is 2. The molecule has 40 heteroatoms. The Morgan fingerprint density at radius 3 is 1.74 bits per heavy atom. The summed E-state index contributed by atoms with van der Waals surface area (Å²) in [6.45, 7) is 15.6. The number of nitrogens with two attached hydrogens (primary N) is 2. The topological polar surface area (TPSA) is 550 Å². The Kier molecular flexibility index (Phi) is 49.1. The van der Waals surface area contributed by atoms with E-state index in [-0.39, 0.29) is 92.6 Å². The molecule has 3 saturated heterocycles. The molecule has 0 spiro atoms. The SMILES string of the molecule is CCCC[C@H](NC(=O)CCC(=O)NCCCOCCOCCOCCCNC(=O)CN1CCN(C(=O)C(CNCC)CNCCN)CC1)C(=O)N=CC(CSCc1cccc(CSC[C@H](NC(=O)[C@H](Cc2ccccc2)NC(=O)[C@H](CCC(=O)O)NC(=O)[C@@H](C)[C@@H](C)O)C(=O)N[C@@H](CC(=O)O)C(=O)O)c1)C(=O)N1CCC[C@H]1C(=O)N1CCC[C@H]1C(N)=O. The number of aliphatic hydroxyl groups is 1. The van der Waals surface area contributed by atoms with Gasteiger partial charge in [-0.15, -0.1) is 0 Å². The minimum absolute atomic E-state index is 0.0358. The van der Waals surface area contributed by atoms with Crippen LogP contribution in [-0.4, -0.2) is 326 Å². The second-order valence-electron chi connectivity index (χ2n) is 30.3. The number of nitrogens with one attached hydrogen (secondary N) is 9. The molecule has 3 fully saturated rings. The van der Waals surface area contributed by atoms with E-state index in [2.05, 4.69) is 52.8 Å². The lowest BCUT2D eigenvalue weighted by Gasteiger charge is -2.36. The number of primary amides is 1. The van der Waals surface area contributed by atoms with Crippen molar-refractivity contribution in [2.75, 3.05) is 143 Å². The van der Waals surface area contributed by atoms with E-state index in [9.17, 15) is 92.3 Å². The average Bonchev–Trinajstić information content (AvgIpc) is 1.66. The third-order valence-electron chi connectivity index (χ3n) is 20.6. The fourth-order valence-corrected chi connectivity index (χ4v) is 15.5. The van der Waals surface area contributed by atoms with Crippen LogP contribution in [0.3, 0.4) is 0 Å². The van der Waals surface area contributed by atoms with Gasteiger partial charge in [0, 0.05) is 147 Å². The largest absolute Gasteiger partial charge is 0.481 e. The van der Waals surface area contributed by atoms with E-state index in [0.29, 0.717) is 161 Å². The fraction of sp³-hybridized carbons (Fsp3) is 0.659. The first-order valence-corrected chi connectivity index (χ1v) is 44.3. The van der Waals surface area contributed by atoms with Crippen molar-refractivity contribution in [1.29, 1.82) is 0 Å². The van der Waals surface area contributed by atoms with Crippen LogP contribution in [0.25, 0.3) is 0 Å². The number of rotatable bonds is 61. The number of aliphatic imine (C=N–C) groups is 1. The van der Waals surface area contributed by atoms with Crippen molar-refractivity contribution < 1.29 is 107 Å². The summed E-state index contributed by atoms with van der Waals surface area (Å²) in [6.07, 6.45) is 1.57. The number of amides is 12. The second kappa shape index (κ2) is 58.0. The Morgan fingerprint density at radius 2 is 1.13 bits per heavy atom. The number of piperazine rings is 1. The summed E-state index contributed by atoms with van der Waals surface area (Å²) in [5.41, 5.74) is 13.3. The number of carboxylic acid groups (broad SMARTS) is 3. The van der Waals surface area contributed by atoms with Gasteiger partial charge in [-0.2, -0.15) is 23.5 Å². The average molecular weight is 1750 g/mol. The van der Waals surface area contributed by atoms with Crippen molar-refractivity contribution in [3.8, 4) is 0 Å². The molecule has 0 radical (unpaired) electrons. The Labute approximate surface area is 721 Å². The molecule has 12 amide bonds. The van der Waals surface area contributed by atoms with Crippen molar-refractivity contribution in [2.24, 2.45) is 34.2 Å². The highest BCUT2D eigenvalue weighted by atomic mass is 32.2. The standard InChI is InChI=1S/C82H128N16O22S2/c1-5-7-20-61(90-69(101)25-24-68(100)87-28-14-37-118-39-41-120-42-40-119-38-15-29-88-70(102)49-95-33-35-96(36-34-95)79(113)59(46-85-6-2)47-86-30-27-83)75(109)89-48-60(80(114)98-32-13-22-67(98)81(115)97-31-12-21-66(97)73(84)107)52-121-50-57-18-11-19-58(43-57)51-122-53-65(78(112)93-64(82(116)117)45-72(105)106)94-77(111)63(44-56-16-9-8-10-17-56)92-76(110)62(23-26-71(103)104)91-74(108)54(3)55(4)99/h8-11,16-19,43,48,54-55,59-67,85-86,99H,5-7,12-15,20-42,44-47,49-53,83H2,1-4H3,(H2,84,107)(H,87,100)(H,88,102)(H,90,101)(H,91,108)(H,92,110)(H,93,112)(H,94,111)(H,103,104)(H,105,106)(H,116,117)/t54-,55+,59?,60?,61-,62-,63-,64-,65-,66-,67-/m0/s1. The number of thioether (sulfide) groups is 2. The number of ether oxygens (including phenoxy) is 3. The van der Waals surface area contributed by atoms with Crippen LogP contribution in [0.2, 0.25) is 0 Å². The molecule has 0 saturated carbocycles. The zero-order valence-electron chi connectivity index (χ0n) is 70.5. The van der Waals surface area contributed by atoms with Gasteiger partial charge in [0.05, 0.1) is 63.3 Å². The Hall–Kier alpha value is -9.26. The van der Waals surface area contributed by atoms with Gasteiger partial charge in [-0.3, -0.25) is 72.0 Å². The van der Waals surface area contributed by atoms with Gasteiger partial charge in [0.25, 0.3) is 5.91 Å². The molecule has 0 aliphatic carbocycles. The minimum Gasteiger partial charge on any atom is -0.481 e. The van der Waals surface area contributed by atoms with Gasteiger partial charge in [-0.25, -0.2) is 9.79 Å². The number of carbonyl (C=O) groups excluding carboxylic acids is 12.